The molecule has 0 rings (SSSR count). The van der Waals surface area contributed by atoms with Crippen molar-refractivity contribution in [2.24, 2.45) is 5.73 Å². The van der Waals surface area contributed by atoms with Crippen LogP contribution in [0.2, 0.25) is 0 Å². The van der Waals surface area contributed by atoms with Crippen molar-refractivity contribution in [1.29, 1.82) is 0 Å². The monoisotopic (exact) mass is 223 g/mol. The van der Waals surface area contributed by atoms with Crippen molar-refractivity contribution >= 4 is 13.3 Å². The Kier molecular flexibility index (Phi) is 6.79. The molecule has 1 atom stereocenters. The van der Waals surface area contributed by atoms with Crippen molar-refractivity contribution in [2.45, 2.75) is 25.7 Å². The van der Waals surface area contributed by atoms with Crippen molar-refractivity contribution < 1.29 is 19.4 Å². The molecular formula is C8H18NO4P. The van der Waals surface area contributed by atoms with Crippen LogP contribution in [0.15, 0.2) is 0 Å². The Labute approximate surface area is 83.8 Å². The third kappa shape index (κ3) is 8.23. The fraction of sp³-hybridized carbons (Fsp3) is 0.875. The van der Waals surface area contributed by atoms with Gasteiger partial charge in [-0.25, -0.2) is 0 Å². The van der Waals surface area contributed by atoms with Gasteiger partial charge in [-0.1, -0.05) is 12.8 Å². The molecule has 0 aromatic rings. The maximum absolute atomic E-state index is 11.2. The van der Waals surface area contributed by atoms with Gasteiger partial charge in [0.05, 0.1) is 0 Å². The predicted molar refractivity (Wildman–Crippen MR) is 54.7 cm³/mol. The third-order valence-corrected chi connectivity index (χ3v) is 3.62. The first-order valence-corrected chi connectivity index (χ1v) is 6.73. The van der Waals surface area contributed by atoms with Crippen LogP contribution in [0.1, 0.15) is 25.7 Å². The van der Waals surface area contributed by atoms with E-state index in [2.05, 4.69) is 0 Å². The molecule has 0 amide bonds. The summed E-state index contributed by atoms with van der Waals surface area (Å²) in [7, 11) is -3.43. The largest absolute Gasteiger partial charge is 0.481 e. The molecule has 14 heavy (non-hydrogen) atoms. The first kappa shape index (κ1) is 13.6. The van der Waals surface area contributed by atoms with E-state index in [-0.39, 0.29) is 6.16 Å². The highest BCUT2D eigenvalue weighted by molar-refractivity contribution is 7.58. The third-order valence-electron chi connectivity index (χ3n) is 1.84. The molecule has 5 nitrogen and oxygen atoms in total. The molecule has 0 aliphatic carbocycles. The lowest BCUT2D eigenvalue weighted by Crippen LogP contribution is -2.06. The molecule has 0 bridgehead atoms. The molecule has 6 heteroatoms. The molecule has 0 aliphatic heterocycles. The molecule has 0 radical (unpaired) electrons. The number of hydrogen-bond acceptors (Lipinski definition) is 3. The Morgan fingerprint density at radius 2 is 1.79 bits per heavy atom. The van der Waals surface area contributed by atoms with Gasteiger partial charge in [0.25, 0.3) is 0 Å². The van der Waals surface area contributed by atoms with Gasteiger partial charge in [-0.2, -0.15) is 0 Å². The van der Waals surface area contributed by atoms with Gasteiger partial charge >= 0.3 is 5.97 Å². The zero-order valence-electron chi connectivity index (χ0n) is 8.19. The fourth-order valence-electron chi connectivity index (χ4n) is 1.15. The minimum Gasteiger partial charge on any atom is -0.481 e. The van der Waals surface area contributed by atoms with Crippen LogP contribution in [-0.2, 0) is 9.36 Å². The molecule has 0 aromatic carbocycles. The summed E-state index contributed by atoms with van der Waals surface area (Å²) < 4.78 is 11.2. The predicted octanol–water partition coefficient (Wildman–Crippen LogP) is 0.861. The average Bonchev–Trinajstić information content (AvgIpc) is 2.01. The summed E-state index contributed by atoms with van der Waals surface area (Å²) in [5.41, 5.74) is 5.28. The molecule has 0 aliphatic rings. The molecule has 0 aromatic heterocycles. The SMILES string of the molecule is NCCCCCCP(=O)(O)CC(=O)O. The lowest BCUT2D eigenvalue weighted by molar-refractivity contribution is -0.134. The number of carboxylic acids is 1. The average molecular weight is 223 g/mol. The van der Waals surface area contributed by atoms with Crippen LogP contribution in [0.3, 0.4) is 0 Å². The van der Waals surface area contributed by atoms with Crippen molar-refractivity contribution in [3.05, 3.63) is 0 Å². The van der Waals surface area contributed by atoms with Crippen LogP contribution < -0.4 is 5.73 Å². The van der Waals surface area contributed by atoms with Gasteiger partial charge in [-0.15, -0.1) is 0 Å². The zero-order valence-corrected chi connectivity index (χ0v) is 9.08. The zero-order chi connectivity index (χ0) is 11.0. The molecule has 0 saturated heterocycles. The molecular weight excluding hydrogens is 205 g/mol. The molecule has 0 heterocycles. The van der Waals surface area contributed by atoms with E-state index in [4.69, 9.17) is 10.8 Å². The first-order chi connectivity index (χ1) is 6.48. The van der Waals surface area contributed by atoms with E-state index in [1.807, 2.05) is 0 Å². The first-order valence-electron chi connectivity index (χ1n) is 4.70. The van der Waals surface area contributed by atoms with E-state index in [9.17, 15) is 14.3 Å². The number of carboxylic acid groups (broad SMARTS) is 1. The Hall–Kier alpha value is -0.380. The quantitative estimate of drug-likeness (QED) is 0.418. The van der Waals surface area contributed by atoms with Crippen molar-refractivity contribution in [3.63, 3.8) is 0 Å². The fourth-order valence-corrected chi connectivity index (χ4v) is 2.45. The van der Waals surface area contributed by atoms with Crippen molar-refractivity contribution in [3.8, 4) is 0 Å². The second-order valence-corrected chi connectivity index (χ2v) is 5.78. The normalized spacial score (nSPS) is 15.0. The summed E-state index contributed by atoms with van der Waals surface area (Å²) in [6.45, 7) is 0.631. The topological polar surface area (TPSA) is 101 Å². The molecule has 0 spiro atoms. The summed E-state index contributed by atoms with van der Waals surface area (Å²) in [4.78, 5) is 19.4. The second kappa shape index (κ2) is 6.98. The highest BCUT2D eigenvalue weighted by atomic mass is 31.2. The summed E-state index contributed by atoms with van der Waals surface area (Å²) in [5, 5.41) is 8.34. The smallest absolute Gasteiger partial charge is 0.313 e. The van der Waals surface area contributed by atoms with Crippen LogP contribution in [-0.4, -0.2) is 34.8 Å². The van der Waals surface area contributed by atoms with Gasteiger partial charge in [0.2, 0.25) is 7.37 Å². The molecule has 1 unspecified atom stereocenters. The van der Waals surface area contributed by atoms with Crippen LogP contribution in [0.5, 0.6) is 0 Å². The number of rotatable bonds is 8. The van der Waals surface area contributed by atoms with Crippen molar-refractivity contribution in [2.75, 3.05) is 18.9 Å². The molecule has 0 fully saturated rings. The summed E-state index contributed by atoms with van der Waals surface area (Å²) in [6.07, 6.45) is 2.76. The number of unbranched alkanes of at least 4 members (excludes halogenated alkanes) is 3. The van der Waals surface area contributed by atoms with Gasteiger partial charge < -0.3 is 15.7 Å². The maximum Gasteiger partial charge on any atom is 0.313 e. The minimum atomic E-state index is -3.43. The number of carbonyl (C=O) groups is 1. The summed E-state index contributed by atoms with van der Waals surface area (Å²) >= 11 is 0. The van der Waals surface area contributed by atoms with Crippen LogP contribution in [0, 0.1) is 0 Å². The minimum absolute atomic E-state index is 0.101. The Morgan fingerprint density at radius 3 is 2.29 bits per heavy atom. The van der Waals surface area contributed by atoms with E-state index in [1.165, 1.54) is 0 Å². The summed E-state index contributed by atoms with van der Waals surface area (Å²) in [6, 6.07) is 0. The number of hydrogen-bond donors (Lipinski definition) is 3. The molecule has 84 valence electrons. The van der Waals surface area contributed by atoms with E-state index >= 15 is 0 Å². The Bertz CT molecular complexity index is 219. The maximum atomic E-state index is 11.2. The van der Waals surface area contributed by atoms with Gasteiger partial charge in [0, 0.05) is 6.16 Å². The standard InChI is InChI=1S/C8H18NO4P/c9-5-3-1-2-4-6-14(12,13)7-8(10)11/h1-7,9H2,(H,10,11)(H,12,13). The Morgan fingerprint density at radius 1 is 1.21 bits per heavy atom. The Balaban J connectivity index is 3.56. The second-order valence-electron chi connectivity index (χ2n) is 3.32. The van der Waals surface area contributed by atoms with Gasteiger partial charge in [0.15, 0.2) is 0 Å². The number of aliphatic carboxylic acids is 1. The van der Waals surface area contributed by atoms with Gasteiger partial charge in [-0.3, -0.25) is 9.36 Å². The van der Waals surface area contributed by atoms with Crippen LogP contribution in [0.4, 0.5) is 0 Å². The van der Waals surface area contributed by atoms with Crippen LogP contribution >= 0.6 is 7.37 Å². The van der Waals surface area contributed by atoms with Gasteiger partial charge in [0.1, 0.15) is 6.16 Å². The van der Waals surface area contributed by atoms with E-state index < -0.39 is 19.5 Å². The lowest BCUT2D eigenvalue weighted by Gasteiger charge is -2.07. The van der Waals surface area contributed by atoms with E-state index in [0.29, 0.717) is 13.0 Å². The molecule has 4 N–H and O–H groups in total. The highest BCUT2D eigenvalue weighted by Gasteiger charge is 2.21. The number of nitrogens with two attached hydrogens (primary N) is 1. The summed E-state index contributed by atoms with van der Waals surface area (Å²) in [5.74, 6) is -1.21. The van der Waals surface area contributed by atoms with Crippen LogP contribution in [0.25, 0.3) is 0 Å². The highest BCUT2D eigenvalue weighted by Crippen LogP contribution is 2.40. The van der Waals surface area contributed by atoms with Gasteiger partial charge in [-0.05, 0) is 19.4 Å². The van der Waals surface area contributed by atoms with E-state index in [0.717, 1.165) is 19.3 Å². The van der Waals surface area contributed by atoms with E-state index in [1.54, 1.807) is 0 Å². The molecule has 0 saturated carbocycles. The van der Waals surface area contributed by atoms with Crippen molar-refractivity contribution in [1.82, 2.24) is 0 Å². The lowest BCUT2D eigenvalue weighted by atomic mass is 10.2.